The lowest BCUT2D eigenvalue weighted by atomic mass is 10.5. The summed E-state index contributed by atoms with van der Waals surface area (Å²) >= 11 is 3.42. The van der Waals surface area contributed by atoms with Crippen molar-refractivity contribution in [1.82, 2.24) is 9.38 Å². The number of halogens is 2. The Kier molecular flexibility index (Phi) is 3.30. The Morgan fingerprint density at radius 2 is 2.23 bits per heavy atom. The number of nitrogens with two attached hydrogens (primary N) is 1. The van der Waals surface area contributed by atoms with E-state index in [2.05, 4.69) is 20.9 Å². The third-order valence-electron chi connectivity index (χ3n) is 1.70. The van der Waals surface area contributed by atoms with Gasteiger partial charge in [0.15, 0.2) is 0 Å². The summed E-state index contributed by atoms with van der Waals surface area (Å²) in [4.78, 5) is 4.30. The first-order valence-electron chi connectivity index (χ1n) is 3.64. The maximum atomic E-state index is 5.47. The van der Waals surface area contributed by atoms with Gasteiger partial charge in [0.2, 0.25) is 0 Å². The van der Waals surface area contributed by atoms with Crippen LogP contribution in [0.3, 0.4) is 0 Å². The van der Waals surface area contributed by atoms with Gasteiger partial charge in [-0.05, 0) is 28.1 Å². The van der Waals surface area contributed by atoms with Gasteiger partial charge in [0.25, 0.3) is 0 Å². The van der Waals surface area contributed by atoms with Crippen molar-refractivity contribution in [2.24, 2.45) is 5.73 Å². The maximum absolute atomic E-state index is 5.47. The molecule has 2 rings (SSSR count). The smallest absolute Gasteiger partial charge is 0.137 e. The molecule has 0 spiro atoms. The summed E-state index contributed by atoms with van der Waals surface area (Å²) in [6.45, 7) is 0.480. The number of nitrogens with zero attached hydrogens (tertiary/aromatic N) is 2. The highest BCUT2D eigenvalue weighted by atomic mass is 79.9. The molecule has 70 valence electrons. The molecule has 2 heterocycles. The van der Waals surface area contributed by atoms with Crippen LogP contribution in [0.5, 0.6) is 0 Å². The Morgan fingerprint density at radius 3 is 2.85 bits per heavy atom. The normalized spacial score (nSPS) is 10.0. The van der Waals surface area contributed by atoms with Crippen LogP contribution in [0.4, 0.5) is 0 Å². The third kappa shape index (κ3) is 1.85. The molecule has 3 nitrogen and oxygen atoms in total. The van der Waals surface area contributed by atoms with E-state index >= 15 is 0 Å². The molecule has 2 aromatic heterocycles. The van der Waals surface area contributed by atoms with Crippen molar-refractivity contribution in [3.8, 4) is 0 Å². The highest BCUT2D eigenvalue weighted by molar-refractivity contribution is 9.10. The lowest BCUT2D eigenvalue weighted by Crippen LogP contribution is -1.95. The van der Waals surface area contributed by atoms with Gasteiger partial charge in [-0.25, -0.2) is 4.98 Å². The van der Waals surface area contributed by atoms with Gasteiger partial charge in [-0.3, -0.25) is 4.40 Å². The van der Waals surface area contributed by atoms with Gasteiger partial charge in [0.1, 0.15) is 5.65 Å². The first kappa shape index (κ1) is 10.5. The van der Waals surface area contributed by atoms with E-state index in [9.17, 15) is 0 Å². The van der Waals surface area contributed by atoms with Crippen molar-refractivity contribution in [2.75, 3.05) is 0 Å². The molecule has 0 saturated heterocycles. The molecular weight excluding hydrogens is 253 g/mol. The van der Waals surface area contributed by atoms with E-state index in [0.29, 0.717) is 6.54 Å². The summed E-state index contributed by atoms with van der Waals surface area (Å²) in [5, 5.41) is 0. The minimum atomic E-state index is 0. The summed E-state index contributed by atoms with van der Waals surface area (Å²) in [6, 6.07) is 5.87. The van der Waals surface area contributed by atoms with E-state index in [1.807, 2.05) is 28.8 Å². The molecule has 0 aliphatic heterocycles. The van der Waals surface area contributed by atoms with Gasteiger partial charge < -0.3 is 5.73 Å². The predicted molar refractivity (Wildman–Crippen MR) is 58.0 cm³/mol. The third-order valence-corrected chi connectivity index (χ3v) is 2.35. The highest BCUT2D eigenvalue weighted by Crippen LogP contribution is 2.13. The molecular formula is C8H9BrClN3. The second kappa shape index (κ2) is 4.09. The van der Waals surface area contributed by atoms with E-state index in [-0.39, 0.29) is 12.4 Å². The number of pyridine rings is 1. The van der Waals surface area contributed by atoms with E-state index in [0.717, 1.165) is 15.9 Å². The summed E-state index contributed by atoms with van der Waals surface area (Å²) in [5.74, 6) is 0. The molecule has 0 amide bonds. The number of hydrogen-bond acceptors (Lipinski definition) is 2. The van der Waals surface area contributed by atoms with Crippen LogP contribution >= 0.6 is 28.3 Å². The molecule has 0 aromatic carbocycles. The van der Waals surface area contributed by atoms with Gasteiger partial charge in [0.05, 0.1) is 10.3 Å². The minimum absolute atomic E-state index is 0. The average molecular weight is 263 g/mol. The van der Waals surface area contributed by atoms with Gasteiger partial charge in [-0.15, -0.1) is 12.4 Å². The molecule has 0 aliphatic rings. The molecule has 0 aliphatic carbocycles. The molecule has 0 bridgehead atoms. The van der Waals surface area contributed by atoms with Crippen molar-refractivity contribution >= 4 is 34.0 Å². The Balaban J connectivity index is 0.000000845. The van der Waals surface area contributed by atoms with Crippen LogP contribution in [0.2, 0.25) is 0 Å². The standard InChI is InChI=1S/C8H8BrN3.ClH/c9-7-2-1-3-8-11-6(4-10)5-12(7)8;/h1-3,5H,4,10H2;1H. The fourth-order valence-electron chi connectivity index (χ4n) is 1.13. The van der Waals surface area contributed by atoms with E-state index in [1.165, 1.54) is 0 Å². The van der Waals surface area contributed by atoms with E-state index in [4.69, 9.17) is 5.73 Å². The van der Waals surface area contributed by atoms with Crippen molar-refractivity contribution in [3.05, 3.63) is 34.7 Å². The molecule has 5 heteroatoms. The molecule has 2 aromatic rings. The van der Waals surface area contributed by atoms with Gasteiger partial charge in [-0.2, -0.15) is 0 Å². The van der Waals surface area contributed by atoms with Crippen LogP contribution in [-0.2, 0) is 6.54 Å². The lowest BCUT2D eigenvalue weighted by Gasteiger charge is -1.93. The Morgan fingerprint density at radius 1 is 1.46 bits per heavy atom. The summed E-state index contributed by atoms with van der Waals surface area (Å²) in [5.41, 5.74) is 7.30. The van der Waals surface area contributed by atoms with Crippen LogP contribution in [0, 0.1) is 0 Å². The largest absolute Gasteiger partial charge is 0.325 e. The Bertz CT molecular complexity index is 413. The number of hydrogen-bond donors (Lipinski definition) is 1. The first-order valence-corrected chi connectivity index (χ1v) is 4.43. The van der Waals surface area contributed by atoms with Crippen LogP contribution < -0.4 is 5.73 Å². The molecule has 0 fully saturated rings. The summed E-state index contributed by atoms with van der Waals surface area (Å²) in [7, 11) is 0. The molecule has 0 radical (unpaired) electrons. The van der Waals surface area contributed by atoms with E-state index in [1.54, 1.807) is 0 Å². The monoisotopic (exact) mass is 261 g/mol. The molecule has 2 N–H and O–H groups in total. The van der Waals surface area contributed by atoms with Crippen molar-refractivity contribution < 1.29 is 0 Å². The topological polar surface area (TPSA) is 43.3 Å². The quantitative estimate of drug-likeness (QED) is 0.799. The number of rotatable bonds is 1. The first-order chi connectivity index (χ1) is 5.81. The molecule has 0 atom stereocenters. The van der Waals surface area contributed by atoms with Gasteiger partial charge >= 0.3 is 0 Å². The predicted octanol–water partition coefficient (Wildman–Crippen LogP) is 1.98. The van der Waals surface area contributed by atoms with Crippen LogP contribution in [-0.4, -0.2) is 9.38 Å². The minimum Gasteiger partial charge on any atom is -0.325 e. The zero-order valence-corrected chi connectivity index (χ0v) is 9.18. The fraction of sp³-hybridized carbons (Fsp3) is 0.125. The molecule has 0 saturated carbocycles. The van der Waals surface area contributed by atoms with Crippen LogP contribution in [0.25, 0.3) is 5.65 Å². The molecule has 0 unspecified atom stereocenters. The Labute approximate surface area is 90.5 Å². The number of fused-ring (bicyclic) bond motifs is 1. The van der Waals surface area contributed by atoms with Gasteiger partial charge in [-0.1, -0.05) is 6.07 Å². The molecule has 13 heavy (non-hydrogen) atoms. The van der Waals surface area contributed by atoms with Crippen molar-refractivity contribution in [3.63, 3.8) is 0 Å². The van der Waals surface area contributed by atoms with Crippen molar-refractivity contribution in [2.45, 2.75) is 6.54 Å². The number of aromatic nitrogens is 2. The SMILES string of the molecule is Cl.NCc1cn2c(Br)cccc2n1. The number of imidazole rings is 1. The van der Waals surface area contributed by atoms with Crippen LogP contribution in [0.15, 0.2) is 29.0 Å². The fourth-order valence-corrected chi connectivity index (χ4v) is 1.56. The zero-order chi connectivity index (χ0) is 8.55. The van der Waals surface area contributed by atoms with Crippen LogP contribution in [0.1, 0.15) is 5.69 Å². The van der Waals surface area contributed by atoms with Gasteiger partial charge in [0, 0.05) is 12.7 Å². The second-order valence-electron chi connectivity index (χ2n) is 2.51. The Hall–Kier alpha value is -0.580. The maximum Gasteiger partial charge on any atom is 0.137 e. The average Bonchev–Trinajstić information content (AvgIpc) is 2.49. The van der Waals surface area contributed by atoms with E-state index < -0.39 is 0 Å². The summed E-state index contributed by atoms with van der Waals surface area (Å²) < 4.78 is 2.95. The zero-order valence-electron chi connectivity index (χ0n) is 6.77. The second-order valence-corrected chi connectivity index (χ2v) is 3.33. The van der Waals surface area contributed by atoms with Crippen molar-refractivity contribution in [1.29, 1.82) is 0 Å². The summed E-state index contributed by atoms with van der Waals surface area (Å²) in [6.07, 6.45) is 1.93. The lowest BCUT2D eigenvalue weighted by molar-refractivity contribution is 1.01. The highest BCUT2D eigenvalue weighted by Gasteiger charge is 2.00.